The molecule has 176 valence electrons. The molecule has 0 atom stereocenters. The van der Waals surface area contributed by atoms with Crippen molar-refractivity contribution in [2.45, 2.75) is 24.7 Å². The molecule has 0 fully saturated rings. The van der Waals surface area contributed by atoms with Gasteiger partial charge in [0.2, 0.25) is 5.91 Å². The Kier molecular flexibility index (Phi) is 7.54. The van der Waals surface area contributed by atoms with Crippen molar-refractivity contribution in [1.29, 1.82) is 0 Å². The first-order chi connectivity index (χ1) is 16.6. The molecule has 2 heterocycles. The summed E-state index contributed by atoms with van der Waals surface area (Å²) < 4.78 is 17.9. The molecule has 0 aliphatic carbocycles. The van der Waals surface area contributed by atoms with Crippen molar-refractivity contribution < 1.29 is 18.7 Å². The van der Waals surface area contributed by atoms with Crippen LogP contribution >= 0.6 is 11.8 Å². The van der Waals surface area contributed by atoms with Crippen LogP contribution in [-0.2, 0) is 11.3 Å². The number of hydrogen-bond donors (Lipinski definition) is 1. The van der Waals surface area contributed by atoms with Crippen LogP contribution in [0, 0.1) is 0 Å². The maximum absolute atomic E-state index is 13.0. The number of hydrogen-bond acceptors (Lipinski definition) is 7. The van der Waals surface area contributed by atoms with Gasteiger partial charge in [0.15, 0.2) is 16.7 Å². The minimum atomic E-state index is -0.326. The van der Waals surface area contributed by atoms with E-state index in [4.69, 9.17) is 13.9 Å². The molecule has 4 rings (SSSR count). The van der Waals surface area contributed by atoms with Crippen LogP contribution < -0.4 is 14.8 Å². The van der Waals surface area contributed by atoms with Crippen LogP contribution in [0.2, 0.25) is 0 Å². The minimum Gasteiger partial charge on any atom is -0.497 e. The van der Waals surface area contributed by atoms with Gasteiger partial charge in [-0.1, -0.05) is 36.0 Å². The molecule has 0 radical (unpaired) electrons. The van der Waals surface area contributed by atoms with E-state index in [1.54, 1.807) is 20.5 Å². The van der Waals surface area contributed by atoms with E-state index in [2.05, 4.69) is 15.5 Å². The van der Waals surface area contributed by atoms with Gasteiger partial charge in [-0.3, -0.25) is 9.36 Å². The third-order valence-corrected chi connectivity index (χ3v) is 6.28. The number of nitrogens with one attached hydrogen (secondary N) is 1. The number of methoxy groups -OCH3 is 2. The zero-order valence-corrected chi connectivity index (χ0v) is 20.0. The summed E-state index contributed by atoms with van der Waals surface area (Å²) in [6, 6.07) is 18.6. The first-order valence-corrected chi connectivity index (χ1v) is 11.8. The Morgan fingerprint density at radius 1 is 1.00 bits per heavy atom. The van der Waals surface area contributed by atoms with E-state index in [1.807, 2.05) is 72.2 Å². The number of thioether (sulfide) groups is 1. The molecule has 0 unspecified atom stereocenters. The standard InChI is InChI=1S/C25H26N4O4S/c1-4-29-24(21-6-5-15-33-21)27-28-25(29)34-16-22(30)26-23(17-7-11-19(31-2)12-8-17)18-9-13-20(32-3)14-10-18/h5-15,23H,4,16H2,1-3H3,(H,26,30). The second-order valence-electron chi connectivity index (χ2n) is 7.36. The molecule has 0 aliphatic heterocycles. The number of furan rings is 1. The molecular formula is C25H26N4O4S. The Labute approximate surface area is 202 Å². The van der Waals surface area contributed by atoms with E-state index in [0.717, 1.165) is 22.6 Å². The molecule has 2 aromatic heterocycles. The number of carbonyl (C=O) groups is 1. The van der Waals surface area contributed by atoms with Crippen molar-refractivity contribution in [3.8, 4) is 23.1 Å². The van der Waals surface area contributed by atoms with Gasteiger partial charge in [0, 0.05) is 6.54 Å². The summed E-state index contributed by atoms with van der Waals surface area (Å²) in [6.45, 7) is 2.66. The summed E-state index contributed by atoms with van der Waals surface area (Å²) >= 11 is 1.34. The molecule has 0 aliphatic rings. The number of amides is 1. The summed E-state index contributed by atoms with van der Waals surface area (Å²) in [5.74, 6) is 2.87. The average molecular weight is 479 g/mol. The predicted octanol–water partition coefficient (Wildman–Crippen LogP) is 4.57. The topological polar surface area (TPSA) is 91.4 Å². The number of aromatic nitrogens is 3. The highest BCUT2D eigenvalue weighted by Gasteiger charge is 2.20. The lowest BCUT2D eigenvalue weighted by molar-refractivity contribution is -0.119. The van der Waals surface area contributed by atoms with Crippen LogP contribution in [0.15, 0.2) is 76.5 Å². The van der Waals surface area contributed by atoms with Crippen LogP contribution in [0.5, 0.6) is 11.5 Å². The van der Waals surface area contributed by atoms with Crippen molar-refractivity contribution in [1.82, 2.24) is 20.1 Å². The van der Waals surface area contributed by atoms with Gasteiger partial charge in [0.25, 0.3) is 0 Å². The van der Waals surface area contributed by atoms with Gasteiger partial charge < -0.3 is 19.2 Å². The molecule has 34 heavy (non-hydrogen) atoms. The van der Waals surface area contributed by atoms with Crippen molar-refractivity contribution in [3.63, 3.8) is 0 Å². The van der Waals surface area contributed by atoms with Gasteiger partial charge in [0.1, 0.15) is 11.5 Å². The first-order valence-electron chi connectivity index (χ1n) is 10.8. The highest BCUT2D eigenvalue weighted by molar-refractivity contribution is 7.99. The lowest BCUT2D eigenvalue weighted by Gasteiger charge is -2.20. The number of nitrogens with zero attached hydrogens (tertiary/aromatic N) is 3. The molecule has 1 N–H and O–H groups in total. The minimum absolute atomic E-state index is 0.119. The summed E-state index contributed by atoms with van der Waals surface area (Å²) in [7, 11) is 3.25. The van der Waals surface area contributed by atoms with Crippen LogP contribution in [0.4, 0.5) is 0 Å². The summed E-state index contributed by atoms with van der Waals surface area (Å²) in [5, 5.41) is 12.3. The molecule has 2 aromatic carbocycles. The smallest absolute Gasteiger partial charge is 0.231 e. The largest absolute Gasteiger partial charge is 0.497 e. The van der Waals surface area contributed by atoms with Crippen LogP contribution in [-0.4, -0.2) is 40.6 Å². The zero-order valence-electron chi connectivity index (χ0n) is 19.2. The van der Waals surface area contributed by atoms with Gasteiger partial charge in [-0.15, -0.1) is 10.2 Å². The van der Waals surface area contributed by atoms with E-state index in [-0.39, 0.29) is 17.7 Å². The Morgan fingerprint density at radius 2 is 1.62 bits per heavy atom. The van der Waals surface area contributed by atoms with Crippen molar-refractivity contribution >= 4 is 17.7 Å². The molecule has 0 spiro atoms. The third kappa shape index (κ3) is 5.26. The Hall–Kier alpha value is -3.72. The maximum Gasteiger partial charge on any atom is 0.231 e. The average Bonchev–Trinajstić information content (AvgIpc) is 3.56. The fourth-order valence-electron chi connectivity index (χ4n) is 3.55. The fraction of sp³-hybridized carbons (Fsp3) is 0.240. The van der Waals surface area contributed by atoms with Gasteiger partial charge >= 0.3 is 0 Å². The van der Waals surface area contributed by atoms with E-state index in [0.29, 0.717) is 23.3 Å². The number of rotatable bonds is 10. The molecular weight excluding hydrogens is 452 g/mol. The number of carbonyl (C=O) groups excluding carboxylic acids is 1. The predicted molar refractivity (Wildman–Crippen MR) is 130 cm³/mol. The summed E-state index contributed by atoms with van der Waals surface area (Å²) in [5.41, 5.74) is 1.89. The van der Waals surface area contributed by atoms with Gasteiger partial charge in [-0.05, 0) is 54.4 Å². The Balaban J connectivity index is 1.50. The second-order valence-corrected chi connectivity index (χ2v) is 8.31. The fourth-order valence-corrected chi connectivity index (χ4v) is 4.37. The molecule has 0 bridgehead atoms. The van der Waals surface area contributed by atoms with Crippen molar-refractivity contribution in [2.24, 2.45) is 0 Å². The molecule has 1 amide bonds. The van der Waals surface area contributed by atoms with Crippen molar-refractivity contribution in [2.75, 3.05) is 20.0 Å². The summed E-state index contributed by atoms with van der Waals surface area (Å²) in [6.07, 6.45) is 1.60. The van der Waals surface area contributed by atoms with Crippen LogP contribution in [0.3, 0.4) is 0 Å². The van der Waals surface area contributed by atoms with Crippen molar-refractivity contribution in [3.05, 3.63) is 78.1 Å². The van der Waals surface area contributed by atoms with Gasteiger partial charge in [-0.2, -0.15) is 0 Å². The monoisotopic (exact) mass is 478 g/mol. The Morgan fingerprint density at radius 3 is 2.12 bits per heavy atom. The normalized spacial score (nSPS) is 10.9. The molecule has 8 nitrogen and oxygen atoms in total. The first kappa shape index (κ1) is 23.4. The lowest BCUT2D eigenvalue weighted by Crippen LogP contribution is -2.30. The van der Waals surface area contributed by atoms with E-state index in [1.165, 1.54) is 11.8 Å². The molecule has 0 saturated heterocycles. The quantitative estimate of drug-likeness (QED) is 0.334. The van der Waals surface area contributed by atoms with Crippen LogP contribution in [0.25, 0.3) is 11.6 Å². The Bertz CT molecular complexity index is 1160. The number of ether oxygens (including phenoxy) is 2. The van der Waals surface area contributed by atoms with Gasteiger partial charge in [-0.25, -0.2) is 0 Å². The van der Waals surface area contributed by atoms with E-state index < -0.39 is 0 Å². The van der Waals surface area contributed by atoms with E-state index >= 15 is 0 Å². The molecule has 4 aromatic rings. The molecule has 9 heteroatoms. The molecule has 0 saturated carbocycles. The SMILES string of the molecule is CCn1c(SCC(=O)NC(c2ccc(OC)cc2)c2ccc(OC)cc2)nnc1-c1ccco1. The third-order valence-electron chi connectivity index (χ3n) is 5.31. The van der Waals surface area contributed by atoms with Gasteiger partial charge in [0.05, 0.1) is 32.3 Å². The maximum atomic E-state index is 13.0. The lowest BCUT2D eigenvalue weighted by atomic mass is 9.98. The second kappa shape index (κ2) is 10.9. The zero-order chi connectivity index (χ0) is 23.9. The highest BCUT2D eigenvalue weighted by Crippen LogP contribution is 2.27. The number of benzene rings is 2. The highest BCUT2D eigenvalue weighted by atomic mass is 32.2. The summed E-state index contributed by atoms with van der Waals surface area (Å²) in [4.78, 5) is 13.0. The van der Waals surface area contributed by atoms with E-state index in [9.17, 15) is 4.79 Å². The van der Waals surface area contributed by atoms with Crippen LogP contribution in [0.1, 0.15) is 24.1 Å².